The number of aromatic nitrogens is 2. The molecular formula is C5H4F2N2O. The van der Waals surface area contributed by atoms with Gasteiger partial charge < -0.3 is 4.74 Å². The molecule has 1 heterocycles. The summed E-state index contributed by atoms with van der Waals surface area (Å²) in [5.41, 5.74) is 0. The minimum absolute atomic E-state index is 0.382. The van der Waals surface area contributed by atoms with Gasteiger partial charge in [0.15, 0.2) is 0 Å². The molecule has 3 nitrogen and oxygen atoms in total. The van der Waals surface area contributed by atoms with Crippen molar-refractivity contribution in [3.8, 4) is 5.88 Å². The van der Waals surface area contributed by atoms with Crippen molar-refractivity contribution >= 4 is 0 Å². The molecule has 0 aliphatic rings. The van der Waals surface area contributed by atoms with Gasteiger partial charge in [0, 0.05) is 0 Å². The van der Waals surface area contributed by atoms with Crippen LogP contribution in [0.5, 0.6) is 5.88 Å². The molecule has 0 saturated carbocycles. The van der Waals surface area contributed by atoms with Crippen molar-refractivity contribution < 1.29 is 13.5 Å². The smallest absolute Gasteiger partial charge is 0.256 e. The van der Waals surface area contributed by atoms with Crippen molar-refractivity contribution in [1.29, 1.82) is 0 Å². The highest BCUT2D eigenvalue weighted by atomic mass is 19.2. The van der Waals surface area contributed by atoms with Crippen LogP contribution in [0.15, 0.2) is 6.33 Å². The molecule has 0 unspecified atom stereocenters. The van der Waals surface area contributed by atoms with Gasteiger partial charge in [0.1, 0.15) is 6.33 Å². The molecule has 0 bridgehead atoms. The van der Waals surface area contributed by atoms with Crippen molar-refractivity contribution in [2.75, 3.05) is 7.11 Å². The van der Waals surface area contributed by atoms with Gasteiger partial charge in [0.2, 0.25) is 5.82 Å². The fourth-order valence-corrected chi connectivity index (χ4v) is 0.476. The van der Waals surface area contributed by atoms with Gasteiger partial charge in [-0.15, -0.1) is 0 Å². The zero-order valence-electron chi connectivity index (χ0n) is 5.14. The molecule has 0 aliphatic carbocycles. The third kappa shape index (κ3) is 1.02. The lowest BCUT2D eigenvalue weighted by Crippen LogP contribution is -1.97. The van der Waals surface area contributed by atoms with Crippen LogP contribution in [0.2, 0.25) is 0 Å². The van der Waals surface area contributed by atoms with Gasteiger partial charge in [-0.25, -0.2) is 4.98 Å². The molecule has 0 saturated heterocycles. The highest BCUT2D eigenvalue weighted by Crippen LogP contribution is 2.11. The molecule has 0 amide bonds. The third-order valence-electron chi connectivity index (χ3n) is 0.908. The second kappa shape index (κ2) is 2.55. The minimum atomic E-state index is -1.20. The summed E-state index contributed by atoms with van der Waals surface area (Å²) in [5.74, 6) is -2.75. The van der Waals surface area contributed by atoms with Crippen LogP contribution in [-0.2, 0) is 0 Å². The molecule has 10 heavy (non-hydrogen) atoms. The number of nitrogens with zero attached hydrogens (tertiary/aromatic N) is 2. The lowest BCUT2D eigenvalue weighted by molar-refractivity contribution is 0.347. The topological polar surface area (TPSA) is 35.0 Å². The summed E-state index contributed by atoms with van der Waals surface area (Å²) in [6.45, 7) is 0. The maximum absolute atomic E-state index is 12.4. The van der Waals surface area contributed by atoms with Crippen LogP contribution < -0.4 is 4.74 Å². The molecule has 0 spiro atoms. The van der Waals surface area contributed by atoms with Gasteiger partial charge in [-0.3, -0.25) is 0 Å². The van der Waals surface area contributed by atoms with Crippen LogP contribution >= 0.6 is 0 Å². The second-order valence-corrected chi connectivity index (χ2v) is 1.49. The molecule has 0 atom stereocenters. The van der Waals surface area contributed by atoms with Crippen LogP contribution in [0.3, 0.4) is 0 Å². The number of hydrogen-bond acceptors (Lipinski definition) is 3. The molecule has 1 rings (SSSR count). The number of methoxy groups -OCH3 is 1. The summed E-state index contributed by atoms with van der Waals surface area (Å²) in [5, 5.41) is 0. The quantitative estimate of drug-likeness (QED) is 0.548. The normalized spacial score (nSPS) is 9.50. The Kier molecular flexibility index (Phi) is 1.75. The Bertz CT molecular complexity index is 241. The zero-order valence-corrected chi connectivity index (χ0v) is 5.14. The van der Waals surface area contributed by atoms with E-state index in [4.69, 9.17) is 0 Å². The lowest BCUT2D eigenvalue weighted by Gasteiger charge is -1.97. The van der Waals surface area contributed by atoms with E-state index in [2.05, 4.69) is 14.7 Å². The molecule has 1 aromatic rings. The van der Waals surface area contributed by atoms with E-state index in [9.17, 15) is 8.78 Å². The molecule has 0 aliphatic heterocycles. The fourth-order valence-electron chi connectivity index (χ4n) is 0.476. The number of hydrogen-bond donors (Lipinski definition) is 0. The largest absolute Gasteiger partial charge is 0.479 e. The second-order valence-electron chi connectivity index (χ2n) is 1.49. The van der Waals surface area contributed by atoms with Crippen LogP contribution in [0, 0.1) is 11.8 Å². The summed E-state index contributed by atoms with van der Waals surface area (Å²) < 4.78 is 28.9. The van der Waals surface area contributed by atoms with Gasteiger partial charge in [-0.05, 0) is 0 Å². The van der Waals surface area contributed by atoms with Crippen molar-refractivity contribution in [1.82, 2.24) is 9.97 Å². The van der Waals surface area contributed by atoms with E-state index in [0.29, 0.717) is 0 Å². The molecule has 1 aromatic heterocycles. The number of rotatable bonds is 1. The van der Waals surface area contributed by atoms with Crippen LogP contribution in [0.4, 0.5) is 8.78 Å². The first-order chi connectivity index (χ1) is 4.75. The van der Waals surface area contributed by atoms with Gasteiger partial charge in [0.05, 0.1) is 7.11 Å². The Hall–Kier alpha value is -1.26. The van der Waals surface area contributed by atoms with E-state index in [1.807, 2.05) is 0 Å². The Balaban J connectivity index is 3.14. The van der Waals surface area contributed by atoms with E-state index < -0.39 is 11.8 Å². The maximum atomic E-state index is 12.4. The fraction of sp³-hybridized carbons (Fsp3) is 0.200. The Morgan fingerprint density at radius 3 is 2.60 bits per heavy atom. The van der Waals surface area contributed by atoms with Crippen LogP contribution in [0.1, 0.15) is 0 Å². The molecule has 0 aromatic carbocycles. The highest BCUT2D eigenvalue weighted by Gasteiger charge is 2.09. The van der Waals surface area contributed by atoms with Crippen LogP contribution in [-0.4, -0.2) is 17.1 Å². The third-order valence-corrected chi connectivity index (χ3v) is 0.908. The average Bonchev–Trinajstić information content (AvgIpc) is 1.95. The molecule has 54 valence electrons. The zero-order chi connectivity index (χ0) is 7.56. The SMILES string of the molecule is COc1ncnc(F)c1F. The first-order valence-electron chi connectivity index (χ1n) is 2.45. The molecule has 0 fully saturated rings. The Morgan fingerprint density at radius 1 is 1.40 bits per heavy atom. The first-order valence-corrected chi connectivity index (χ1v) is 2.45. The lowest BCUT2D eigenvalue weighted by atomic mass is 10.6. The predicted molar refractivity (Wildman–Crippen MR) is 28.5 cm³/mol. The van der Waals surface area contributed by atoms with Crippen molar-refractivity contribution in [2.45, 2.75) is 0 Å². The van der Waals surface area contributed by atoms with Crippen LogP contribution in [0.25, 0.3) is 0 Å². The summed E-state index contributed by atoms with van der Waals surface area (Å²) >= 11 is 0. The van der Waals surface area contributed by atoms with Crippen molar-refractivity contribution in [3.63, 3.8) is 0 Å². The first kappa shape index (κ1) is 6.85. The summed E-state index contributed by atoms with van der Waals surface area (Å²) in [4.78, 5) is 6.26. The Morgan fingerprint density at radius 2 is 2.10 bits per heavy atom. The average molecular weight is 146 g/mol. The maximum Gasteiger partial charge on any atom is 0.256 e. The standard InChI is InChI=1S/C5H4F2N2O/c1-10-5-3(6)4(7)8-2-9-5/h2H,1H3. The predicted octanol–water partition coefficient (Wildman–Crippen LogP) is 0.763. The molecule has 0 radical (unpaired) electrons. The monoisotopic (exact) mass is 146 g/mol. The molecular weight excluding hydrogens is 142 g/mol. The molecule has 0 N–H and O–H groups in total. The van der Waals surface area contributed by atoms with Crippen molar-refractivity contribution in [3.05, 3.63) is 18.1 Å². The van der Waals surface area contributed by atoms with Gasteiger partial charge in [-0.1, -0.05) is 0 Å². The van der Waals surface area contributed by atoms with E-state index in [0.717, 1.165) is 6.33 Å². The number of halogens is 2. The van der Waals surface area contributed by atoms with Gasteiger partial charge in [-0.2, -0.15) is 13.8 Å². The van der Waals surface area contributed by atoms with E-state index >= 15 is 0 Å². The highest BCUT2D eigenvalue weighted by molar-refractivity contribution is 5.09. The van der Waals surface area contributed by atoms with E-state index in [-0.39, 0.29) is 5.88 Å². The van der Waals surface area contributed by atoms with Crippen molar-refractivity contribution in [2.24, 2.45) is 0 Å². The van der Waals surface area contributed by atoms with E-state index in [1.165, 1.54) is 7.11 Å². The Labute approximate surface area is 55.7 Å². The number of ether oxygens (including phenoxy) is 1. The van der Waals surface area contributed by atoms with Gasteiger partial charge in [0.25, 0.3) is 11.8 Å². The molecule has 5 heteroatoms. The summed E-state index contributed by atoms with van der Waals surface area (Å²) in [7, 11) is 1.20. The van der Waals surface area contributed by atoms with Gasteiger partial charge >= 0.3 is 0 Å². The summed E-state index contributed by atoms with van der Waals surface area (Å²) in [6.07, 6.45) is 0.886. The van der Waals surface area contributed by atoms with E-state index in [1.54, 1.807) is 0 Å². The minimum Gasteiger partial charge on any atom is -0.479 e. The summed E-state index contributed by atoms with van der Waals surface area (Å²) in [6, 6.07) is 0.